The molecule has 1 aliphatic heterocycles. The Morgan fingerprint density at radius 2 is 1.85 bits per heavy atom. The molecule has 0 saturated carbocycles. The maximum atomic E-state index is 13.3. The fourth-order valence-electron chi connectivity index (χ4n) is 2.65. The zero-order chi connectivity index (χ0) is 19.6. The highest BCUT2D eigenvalue weighted by molar-refractivity contribution is 7.99. The summed E-state index contributed by atoms with van der Waals surface area (Å²) < 4.78 is 55.2. The molecule has 0 spiro atoms. The number of rotatable bonds is 5. The molecule has 1 amide bonds. The number of hydrogen-bond acceptors (Lipinski definition) is 5. The molecule has 1 aliphatic rings. The minimum Gasteiger partial charge on any atom is -0.322 e. The summed E-state index contributed by atoms with van der Waals surface area (Å²) in [6.45, 7) is 2.79. The van der Waals surface area contributed by atoms with Gasteiger partial charge in [-0.1, -0.05) is 0 Å². The van der Waals surface area contributed by atoms with Crippen LogP contribution in [0.2, 0.25) is 0 Å². The molecule has 0 radical (unpaired) electrons. The molecule has 3 rings (SSSR count). The SMILES string of the molecule is CCn1cc(C(=O)Nc2cc(F)cc(F)c2)c(S(=O)(=O)N2CCSCC2)n1. The van der Waals surface area contributed by atoms with Crippen LogP contribution in [0.15, 0.2) is 29.4 Å². The third-order valence-corrected chi connectivity index (χ3v) is 6.75. The zero-order valence-electron chi connectivity index (χ0n) is 14.5. The minimum atomic E-state index is -3.96. The van der Waals surface area contributed by atoms with E-state index in [1.165, 1.54) is 15.2 Å². The number of benzene rings is 1. The van der Waals surface area contributed by atoms with E-state index in [0.29, 0.717) is 37.2 Å². The first kappa shape index (κ1) is 19.8. The fourth-order valence-corrected chi connectivity index (χ4v) is 5.32. The largest absolute Gasteiger partial charge is 0.322 e. The Hall–Kier alpha value is -1.98. The lowest BCUT2D eigenvalue weighted by atomic mass is 10.2. The van der Waals surface area contributed by atoms with Gasteiger partial charge in [-0.3, -0.25) is 9.48 Å². The summed E-state index contributed by atoms with van der Waals surface area (Å²) in [6.07, 6.45) is 1.32. The van der Waals surface area contributed by atoms with E-state index >= 15 is 0 Å². The van der Waals surface area contributed by atoms with Gasteiger partial charge < -0.3 is 5.32 Å². The van der Waals surface area contributed by atoms with Gasteiger partial charge in [-0.2, -0.15) is 21.2 Å². The van der Waals surface area contributed by atoms with Gasteiger partial charge in [0, 0.05) is 49.1 Å². The van der Waals surface area contributed by atoms with E-state index in [0.717, 1.165) is 12.1 Å². The molecule has 2 aromatic rings. The second-order valence-electron chi connectivity index (χ2n) is 5.83. The van der Waals surface area contributed by atoms with E-state index in [-0.39, 0.29) is 16.3 Å². The third-order valence-electron chi connectivity index (χ3n) is 3.97. The fraction of sp³-hybridized carbons (Fsp3) is 0.375. The van der Waals surface area contributed by atoms with Crippen LogP contribution in [-0.4, -0.2) is 53.0 Å². The Morgan fingerprint density at radius 1 is 1.22 bits per heavy atom. The van der Waals surface area contributed by atoms with Crippen molar-refractivity contribution in [2.45, 2.75) is 18.5 Å². The number of nitrogens with one attached hydrogen (secondary N) is 1. The number of anilines is 1. The molecule has 11 heteroatoms. The van der Waals surface area contributed by atoms with Crippen molar-refractivity contribution in [1.29, 1.82) is 0 Å². The predicted octanol–water partition coefficient (Wildman–Crippen LogP) is 2.17. The number of nitrogens with zero attached hydrogens (tertiary/aromatic N) is 3. The van der Waals surface area contributed by atoms with Gasteiger partial charge in [0.25, 0.3) is 15.9 Å². The first-order valence-corrected chi connectivity index (χ1v) is 10.8. The van der Waals surface area contributed by atoms with Crippen molar-refractivity contribution in [2.75, 3.05) is 29.9 Å². The molecule has 27 heavy (non-hydrogen) atoms. The highest BCUT2D eigenvalue weighted by atomic mass is 32.2. The van der Waals surface area contributed by atoms with E-state index < -0.39 is 27.6 Å². The average Bonchev–Trinajstić information content (AvgIpc) is 3.07. The van der Waals surface area contributed by atoms with Gasteiger partial charge in [-0.15, -0.1) is 0 Å². The quantitative estimate of drug-likeness (QED) is 0.808. The maximum Gasteiger partial charge on any atom is 0.263 e. The van der Waals surface area contributed by atoms with Crippen LogP contribution in [-0.2, 0) is 16.6 Å². The summed E-state index contributed by atoms with van der Waals surface area (Å²) in [5, 5.41) is 6.02. The molecule has 0 aliphatic carbocycles. The Morgan fingerprint density at radius 3 is 2.44 bits per heavy atom. The van der Waals surface area contributed by atoms with Crippen LogP contribution in [0.4, 0.5) is 14.5 Å². The summed E-state index contributed by atoms with van der Waals surface area (Å²) in [5.74, 6) is -1.18. The first-order chi connectivity index (χ1) is 12.8. The smallest absolute Gasteiger partial charge is 0.263 e. The Labute approximate surface area is 159 Å². The van der Waals surface area contributed by atoms with Gasteiger partial charge in [0.15, 0.2) is 0 Å². The van der Waals surface area contributed by atoms with Gasteiger partial charge in [0.05, 0.1) is 5.56 Å². The van der Waals surface area contributed by atoms with E-state index in [9.17, 15) is 22.0 Å². The number of carbonyl (C=O) groups excluding carboxylic acids is 1. The van der Waals surface area contributed by atoms with Crippen molar-refractivity contribution in [3.05, 3.63) is 41.6 Å². The standard InChI is InChI=1S/C16H18F2N4O3S2/c1-2-21-10-14(15(23)19-13-8-11(17)7-12(18)9-13)16(20-21)27(24,25)22-3-5-26-6-4-22/h7-10H,2-6H2,1H3,(H,19,23). The molecular formula is C16H18F2N4O3S2. The number of aryl methyl sites for hydroxylation is 1. The number of halogens is 2. The van der Waals surface area contributed by atoms with Gasteiger partial charge in [0.1, 0.15) is 11.6 Å². The van der Waals surface area contributed by atoms with Gasteiger partial charge in [0.2, 0.25) is 5.03 Å². The Bertz CT molecular complexity index is 936. The molecule has 146 valence electrons. The number of amides is 1. The van der Waals surface area contributed by atoms with Crippen molar-refractivity contribution < 1.29 is 22.0 Å². The normalized spacial score (nSPS) is 15.7. The molecule has 1 aromatic heterocycles. The number of sulfonamides is 1. The van der Waals surface area contributed by atoms with Crippen LogP contribution < -0.4 is 5.32 Å². The molecule has 0 bridgehead atoms. The van der Waals surface area contributed by atoms with Crippen LogP contribution >= 0.6 is 11.8 Å². The lowest BCUT2D eigenvalue weighted by Crippen LogP contribution is -2.38. The molecular weight excluding hydrogens is 398 g/mol. The number of aromatic nitrogens is 2. The molecule has 7 nitrogen and oxygen atoms in total. The lowest BCUT2D eigenvalue weighted by Gasteiger charge is -2.24. The molecule has 1 fully saturated rings. The van der Waals surface area contributed by atoms with E-state index in [1.807, 2.05) is 0 Å². The average molecular weight is 416 g/mol. The Balaban J connectivity index is 1.95. The molecule has 1 aromatic carbocycles. The monoisotopic (exact) mass is 416 g/mol. The summed E-state index contributed by atoms with van der Waals surface area (Å²) >= 11 is 1.65. The van der Waals surface area contributed by atoms with Crippen LogP contribution in [0.5, 0.6) is 0 Å². The third kappa shape index (κ3) is 4.30. The number of thioether (sulfide) groups is 1. The second kappa shape index (κ2) is 7.95. The minimum absolute atomic E-state index is 0.112. The van der Waals surface area contributed by atoms with E-state index in [1.54, 1.807) is 18.7 Å². The zero-order valence-corrected chi connectivity index (χ0v) is 16.1. The van der Waals surface area contributed by atoms with Crippen LogP contribution in [0.25, 0.3) is 0 Å². The topological polar surface area (TPSA) is 84.3 Å². The summed E-state index contributed by atoms with van der Waals surface area (Å²) in [4.78, 5) is 12.6. The summed E-state index contributed by atoms with van der Waals surface area (Å²) in [6, 6.07) is 2.57. The molecule has 0 atom stereocenters. The molecule has 1 saturated heterocycles. The van der Waals surface area contributed by atoms with Crippen molar-refractivity contribution in [1.82, 2.24) is 14.1 Å². The highest BCUT2D eigenvalue weighted by Crippen LogP contribution is 2.23. The van der Waals surface area contributed by atoms with Gasteiger partial charge in [-0.25, -0.2) is 17.2 Å². The highest BCUT2D eigenvalue weighted by Gasteiger charge is 2.33. The van der Waals surface area contributed by atoms with Crippen molar-refractivity contribution in [3.8, 4) is 0 Å². The maximum absolute atomic E-state index is 13.3. The predicted molar refractivity (Wildman–Crippen MR) is 98.3 cm³/mol. The first-order valence-electron chi connectivity index (χ1n) is 8.24. The van der Waals surface area contributed by atoms with Gasteiger partial charge >= 0.3 is 0 Å². The summed E-state index contributed by atoms with van der Waals surface area (Å²) in [7, 11) is -3.96. The number of carbonyl (C=O) groups is 1. The molecule has 0 unspecified atom stereocenters. The Kier molecular flexibility index (Phi) is 5.82. The van der Waals surface area contributed by atoms with E-state index in [2.05, 4.69) is 10.4 Å². The molecule has 1 N–H and O–H groups in total. The van der Waals surface area contributed by atoms with Crippen molar-refractivity contribution >= 4 is 33.4 Å². The van der Waals surface area contributed by atoms with Gasteiger partial charge in [-0.05, 0) is 19.1 Å². The van der Waals surface area contributed by atoms with Crippen molar-refractivity contribution in [2.24, 2.45) is 0 Å². The lowest BCUT2D eigenvalue weighted by molar-refractivity contribution is 0.102. The summed E-state index contributed by atoms with van der Waals surface area (Å²) in [5.41, 5.74) is -0.279. The molecule has 2 heterocycles. The van der Waals surface area contributed by atoms with E-state index in [4.69, 9.17) is 0 Å². The van der Waals surface area contributed by atoms with Crippen LogP contribution in [0.1, 0.15) is 17.3 Å². The second-order valence-corrected chi connectivity index (χ2v) is 8.91. The van der Waals surface area contributed by atoms with Crippen LogP contribution in [0.3, 0.4) is 0 Å². The van der Waals surface area contributed by atoms with Crippen LogP contribution in [0, 0.1) is 11.6 Å². The number of hydrogen-bond donors (Lipinski definition) is 1. The van der Waals surface area contributed by atoms with Crippen molar-refractivity contribution in [3.63, 3.8) is 0 Å².